The molecule has 1 atom stereocenters. The predicted molar refractivity (Wildman–Crippen MR) is 53.8 cm³/mol. The van der Waals surface area contributed by atoms with Gasteiger partial charge in [-0.25, -0.2) is 4.98 Å². The summed E-state index contributed by atoms with van der Waals surface area (Å²) in [6.07, 6.45) is 1.10. The molecule has 76 valence electrons. The largest absolute Gasteiger partial charge is 0.488 e. The van der Waals surface area contributed by atoms with Crippen LogP contribution in [0, 0.1) is 6.92 Å². The van der Waals surface area contributed by atoms with E-state index in [0.29, 0.717) is 11.8 Å². The van der Waals surface area contributed by atoms with Crippen molar-refractivity contribution in [3.63, 3.8) is 0 Å². The average molecular weight is 214 g/mol. The SMILES string of the molecule is Cc1cc(O[C@@H]2CCOC2)cc(Cl)n1. The van der Waals surface area contributed by atoms with Crippen LogP contribution in [0.4, 0.5) is 0 Å². The molecular weight excluding hydrogens is 202 g/mol. The van der Waals surface area contributed by atoms with Crippen molar-refractivity contribution < 1.29 is 9.47 Å². The lowest BCUT2D eigenvalue weighted by atomic mass is 10.3. The molecule has 1 aliphatic heterocycles. The Hall–Kier alpha value is -0.800. The fourth-order valence-electron chi connectivity index (χ4n) is 1.46. The Morgan fingerprint density at radius 1 is 1.57 bits per heavy atom. The molecule has 1 aliphatic rings. The number of hydrogen-bond donors (Lipinski definition) is 0. The van der Waals surface area contributed by atoms with Crippen molar-refractivity contribution >= 4 is 11.6 Å². The highest BCUT2D eigenvalue weighted by atomic mass is 35.5. The first-order chi connectivity index (χ1) is 6.74. The van der Waals surface area contributed by atoms with Gasteiger partial charge in [0.2, 0.25) is 0 Å². The Labute approximate surface area is 88.0 Å². The predicted octanol–water partition coefficient (Wildman–Crippen LogP) is 2.21. The second kappa shape index (κ2) is 4.15. The van der Waals surface area contributed by atoms with E-state index in [1.54, 1.807) is 6.07 Å². The van der Waals surface area contributed by atoms with Crippen LogP contribution >= 0.6 is 11.6 Å². The van der Waals surface area contributed by atoms with Gasteiger partial charge in [-0.15, -0.1) is 0 Å². The maximum Gasteiger partial charge on any atom is 0.133 e. The number of nitrogens with zero attached hydrogens (tertiary/aromatic N) is 1. The van der Waals surface area contributed by atoms with Crippen LogP contribution in [-0.2, 0) is 4.74 Å². The summed E-state index contributed by atoms with van der Waals surface area (Å²) >= 11 is 5.81. The number of aromatic nitrogens is 1. The van der Waals surface area contributed by atoms with E-state index in [4.69, 9.17) is 21.1 Å². The summed E-state index contributed by atoms with van der Waals surface area (Å²) in [6, 6.07) is 3.61. The Morgan fingerprint density at radius 2 is 2.43 bits per heavy atom. The summed E-state index contributed by atoms with van der Waals surface area (Å²) in [5.74, 6) is 0.776. The van der Waals surface area contributed by atoms with Crippen molar-refractivity contribution in [1.82, 2.24) is 4.98 Å². The Bertz CT molecular complexity index is 304. The summed E-state index contributed by atoms with van der Waals surface area (Å²) in [6.45, 7) is 3.34. The van der Waals surface area contributed by atoms with Gasteiger partial charge in [-0.2, -0.15) is 0 Å². The van der Waals surface area contributed by atoms with Gasteiger partial charge in [0.05, 0.1) is 13.2 Å². The topological polar surface area (TPSA) is 31.4 Å². The zero-order valence-corrected chi connectivity index (χ0v) is 8.75. The monoisotopic (exact) mass is 213 g/mol. The van der Waals surface area contributed by atoms with Crippen LogP contribution in [0.25, 0.3) is 0 Å². The highest BCUT2D eigenvalue weighted by Gasteiger charge is 2.17. The second-order valence-corrected chi connectivity index (χ2v) is 3.76. The van der Waals surface area contributed by atoms with E-state index >= 15 is 0 Å². The first-order valence-corrected chi connectivity index (χ1v) is 5.00. The third-order valence-corrected chi connectivity index (χ3v) is 2.28. The van der Waals surface area contributed by atoms with E-state index in [1.165, 1.54) is 0 Å². The molecule has 0 aliphatic carbocycles. The van der Waals surface area contributed by atoms with Crippen LogP contribution < -0.4 is 4.74 Å². The molecule has 3 nitrogen and oxygen atoms in total. The van der Waals surface area contributed by atoms with Gasteiger partial charge < -0.3 is 9.47 Å². The van der Waals surface area contributed by atoms with Crippen molar-refractivity contribution in [1.29, 1.82) is 0 Å². The second-order valence-electron chi connectivity index (χ2n) is 3.37. The van der Waals surface area contributed by atoms with Gasteiger partial charge >= 0.3 is 0 Å². The third kappa shape index (κ3) is 2.36. The smallest absolute Gasteiger partial charge is 0.133 e. The molecule has 1 saturated heterocycles. The van der Waals surface area contributed by atoms with Gasteiger partial charge in [0.25, 0.3) is 0 Å². The average Bonchev–Trinajstić information content (AvgIpc) is 2.54. The molecule has 4 heteroatoms. The molecule has 0 aromatic carbocycles. The van der Waals surface area contributed by atoms with Crippen LogP contribution in [0.3, 0.4) is 0 Å². The Morgan fingerprint density at radius 3 is 3.07 bits per heavy atom. The van der Waals surface area contributed by atoms with Gasteiger partial charge in [-0.1, -0.05) is 11.6 Å². The molecule has 0 amide bonds. The van der Waals surface area contributed by atoms with Crippen LogP contribution in [-0.4, -0.2) is 24.3 Å². The molecule has 0 bridgehead atoms. The van der Waals surface area contributed by atoms with Gasteiger partial charge in [-0.05, 0) is 6.92 Å². The molecule has 0 unspecified atom stereocenters. The number of rotatable bonds is 2. The quantitative estimate of drug-likeness (QED) is 0.706. The van der Waals surface area contributed by atoms with Crippen molar-refractivity contribution in [3.8, 4) is 5.75 Å². The molecule has 1 aromatic heterocycles. The molecule has 1 fully saturated rings. The highest BCUT2D eigenvalue weighted by Crippen LogP contribution is 2.20. The minimum atomic E-state index is 0.160. The number of aryl methyl sites for hydroxylation is 1. The fourth-order valence-corrected chi connectivity index (χ4v) is 1.71. The Kier molecular flexibility index (Phi) is 2.89. The van der Waals surface area contributed by atoms with Crippen LogP contribution in [0.1, 0.15) is 12.1 Å². The first-order valence-electron chi connectivity index (χ1n) is 4.62. The molecule has 2 rings (SSSR count). The fraction of sp³-hybridized carbons (Fsp3) is 0.500. The molecule has 0 spiro atoms. The van der Waals surface area contributed by atoms with E-state index in [1.807, 2.05) is 13.0 Å². The van der Waals surface area contributed by atoms with E-state index < -0.39 is 0 Å². The Balaban J connectivity index is 2.07. The van der Waals surface area contributed by atoms with Crippen molar-refractivity contribution in [2.24, 2.45) is 0 Å². The number of hydrogen-bond acceptors (Lipinski definition) is 3. The maximum atomic E-state index is 5.81. The van der Waals surface area contributed by atoms with Crippen LogP contribution in [0.2, 0.25) is 5.15 Å². The molecule has 0 radical (unpaired) electrons. The number of pyridine rings is 1. The zero-order chi connectivity index (χ0) is 9.97. The molecule has 2 heterocycles. The summed E-state index contributed by atoms with van der Waals surface area (Å²) in [7, 11) is 0. The van der Waals surface area contributed by atoms with E-state index in [0.717, 1.165) is 24.5 Å². The first kappa shape index (κ1) is 9.74. The van der Waals surface area contributed by atoms with E-state index in [9.17, 15) is 0 Å². The maximum absolute atomic E-state index is 5.81. The molecule has 0 saturated carbocycles. The van der Waals surface area contributed by atoms with Crippen molar-refractivity contribution in [2.75, 3.05) is 13.2 Å². The molecule has 0 N–H and O–H groups in total. The standard InChI is InChI=1S/C10H12ClNO2/c1-7-4-9(5-10(11)12-7)14-8-2-3-13-6-8/h4-5,8H,2-3,6H2,1H3/t8-/m1/s1. The van der Waals surface area contributed by atoms with Crippen LogP contribution in [0.15, 0.2) is 12.1 Å². The van der Waals surface area contributed by atoms with Crippen molar-refractivity contribution in [3.05, 3.63) is 23.0 Å². The van der Waals surface area contributed by atoms with Crippen LogP contribution in [0.5, 0.6) is 5.75 Å². The summed E-state index contributed by atoms with van der Waals surface area (Å²) in [5, 5.41) is 0.471. The number of ether oxygens (including phenoxy) is 2. The minimum Gasteiger partial charge on any atom is -0.488 e. The molecular formula is C10H12ClNO2. The lowest BCUT2D eigenvalue weighted by Gasteiger charge is -2.12. The zero-order valence-electron chi connectivity index (χ0n) is 8.00. The van der Waals surface area contributed by atoms with Gasteiger partial charge in [-0.3, -0.25) is 0 Å². The lowest BCUT2D eigenvalue weighted by Crippen LogP contribution is -2.15. The normalized spacial score (nSPS) is 21.1. The minimum absolute atomic E-state index is 0.160. The summed E-state index contributed by atoms with van der Waals surface area (Å²) < 4.78 is 10.9. The lowest BCUT2D eigenvalue weighted by molar-refractivity contribution is 0.141. The number of halogens is 1. The summed E-state index contributed by atoms with van der Waals surface area (Å²) in [5.41, 5.74) is 0.867. The highest BCUT2D eigenvalue weighted by molar-refractivity contribution is 6.29. The summed E-state index contributed by atoms with van der Waals surface area (Å²) in [4.78, 5) is 4.06. The van der Waals surface area contributed by atoms with Gasteiger partial charge in [0, 0.05) is 24.2 Å². The third-order valence-electron chi connectivity index (χ3n) is 2.09. The molecule has 1 aromatic rings. The van der Waals surface area contributed by atoms with Crippen molar-refractivity contribution in [2.45, 2.75) is 19.4 Å². The molecule has 14 heavy (non-hydrogen) atoms. The van der Waals surface area contributed by atoms with E-state index in [2.05, 4.69) is 4.98 Å². The van der Waals surface area contributed by atoms with Gasteiger partial charge in [0.15, 0.2) is 0 Å². The van der Waals surface area contributed by atoms with E-state index in [-0.39, 0.29) is 6.10 Å². The van der Waals surface area contributed by atoms with Gasteiger partial charge in [0.1, 0.15) is 17.0 Å².